The van der Waals surface area contributed by atoms with E-state index in [-0.39, 0.29) is 0 Å². The van der Waals surface area contributed by atoms with Crippen molar-refractivity contribution in [3.63, 3.8) is 0 Å². The van der Waals surface area contributed by atoms with E-state index in [2.05, 4.69) is 62.3 Å². The van der Waals surface area contributed by atoms with Crippen molar-refractivity contribution >= 4 is 16.5 Å². The predicted molar refractivity (Wildman–Crippen MR) is 63.0 cm³/mol. The number of aryl methyl sites for hydroxylation is 1. The number of benzene rings is 2. The first kappa shape index (κ1) is 9.07. The summed E-state index contributed by atoms with van der Waals surface area (Å²) in [7, 11) is 4.17. The Balaban J connectivity index is 2.80. The minimum Gasteiger partial charge on any atom is -0.377 e. The highest BCUT2D eigenvalue weighted by atomic mass is 15.1. The minimum atomic E-state index is 1.29. The van der Waals surface area contributed by atoms with Crippen LogP contribution in [0, 0.1) is 6.92 Å². The molecule has 0 saturated heterocycles. The summed E-state index contributed by atoms with van der Waals surface area (Å²) < 4.78 is 0. The van der Waals surface area contributed by atoms with Crippen LogP contribution in [0.1, 0.15) is 5.56 Å². The van der Waals surface area contributed by atoms with E-state index in [9.17, 15) is 0 Å². The highest BCUT2D eigenvalue weighted by Gasteiger charge is 2.02. The van der Waals surface area contributed by atoms with E-state index in [1.165, 1.54) is 22.0 Å². The van der Waals surface area contributed by atoms with Gasteiger partial charge in [-0.25, -0.2) is 0 Å². The summed E-state index contributed by atoms with van der Waals surface area (Å²) in [5, 5.41) is 2.64. The summed E-state index contributed by atoms with van der Waals surface area (Å²) >= 11 is 0. The SMILES string of the molecule is Cc1cc(N(C)C)c2ccccc2c1. The number of fused-ring (bicyclic) bond motifs is 1. The molecule has 0 atom stereocenters. The second-order valence-corrected chi connectivity index (χ2v) is 3.90. The summed E-state index contributed by atoms with van der Waals surface area (Å²) in [5.74, 6) is 0. The zero-order valence-corrected chi connectivity index (χ0v) is 8.91. The molecule has 0 amide bonds. The molecule has 0 heterocycles. The standard InChI is InChI=1S/C13H15N/c1-10-8-11-6-4-5-7-12(11)13(9-10)14(2)3/h4-9H,1-3H3. The normalized spacial score (nSPS) is 10.5. The van der Waals surface area contributed by atoms with Crippen molar-refractivity contribution < 1.29 is 0 Å². The lowest BCUT2D eigenvalue weighted by Gasteiger charge is -2.16. The molecule has 1 heteroatoms. The molecule has 1 nitrogen and oxygen atoms in total. The first-order chi connectivity index (χ1) is 6.68. The Morgan fingerprint density at radius 1 is 1.00 bits per heavy atom. The van der Waals surface area contributed by atoms with Gasteiger partial charge in [-0.1, -0.05) is 30.3 Å². The van der Waals surface area contributed by atoms with Gasteiger partial charge < -0.3 is 4.90 Å². The van der Waals surface area contributed by atoms with Crippen LogP contribution in [0.4, 0.5) is 5.69 Å². The fraction of sp³-hybridized carbons (Fsp3) is 0.231. The zero-order chi connectivity index (χ0) is 10.1. The van der Waals surface area contributed by atoms with E-state index in [4.69, 9.17) is 0 Å². The Morgan fingerprint density at radius 2 is 1.71 bits per heavy atom. The lowest BCUT2D eigenvalue weighted by atomic mass is 10.1. The molecule has 0 aliphatic rings. The molecular formula is C13H15N. The molecule has 2 aromatic carbocycles. The van der Waals surface area contributed by atoms with Gasteiger partial charge in [0.25, 0.3) is 0 Å². The van der Waals surface area contributed by atoms with E-state index >= 15 is 0 Å². The summed E-state index contributed by atoms with van der Waals surface area (Å²) in [4.78, 5) is 2.16. The van der Waals surface area contributed by atoms with Crippen LogP contribution in [0.5, 0.6) is 0 Å². The average Bonchev–Trinajstić information content (AvgIpc) is 2.16. The molecule has 0 unspecified atom stereocenters. The molecule has 0 aliphatic heterocycles. The quantitative estimate of drug-likeness (QED) is 0.659. The largest absolute Gasteiger partial charge is 0.377 e. The third-order valence-electron chi connectivity index (χ3n) is 2.47. The summed E-state index contributed by atoms with van der Waals surface area (Å²) in [6.07, 6.45) is 0. The van der Waals surface area contributed by atoms with Gasteiger partial charge in [0.2, 0.25) is 0 Å². The number of hydrogen-bond donors (Lipinski definition) is 0. The van der Waals surface area contributed by atoms with Gasteiger partial charge in [-0.05, 0) is 23.9 Å². The molecule has 0 N–H and O–H groups in total. The molecule has 0 aromatic heterocycles. The fourth-order valence-corrected chi connectivity index (χ4v) is 1.81. The highest BCUT2D eigenvalue weighted by Crippen LogP contribution is 2.26. The molecule has 2 rings (SSSR count). The van der Waals surface area contributed by atoms with Crippen molar-refractivity contribution in [2.45, 2.75) is 6.92 Å². The van der Waals surface area contributed by atoms with Crippen LogP contribution in [-0.2, 0) is 0 Å². The second-order valence-electron chi connectivity index (χ2n) is 3.90. The van der Waals surface area contributed by atoms with Crippen LogP contribution < -0.4 is 4.90 Å². The zero-order valence-electron chi connectivity index (χ0n) is 8.91. The van der Waals surface area contributed by atoms with Gasteiger partial charge in [0, 0.05) is 25.2 Å². The van der Waals surface area contributed by atoms with E-state index in [1.807, 2.05) is 0 Å². The maximum absolute atomic E-state index is 2.22. The number of rotatable bonds is 1. The molecular weight excluding hydrogens is 170 g/mol. The first-order valence-electron chi connectivity index (χ1n) is 4.85. The molecule has 0 aliphatic carbocycles. The third-order valence-corrected chi connectivity index (χ3v) is 2.47. The van der Waals surface area contributed by atoms with Crippen molar-refractivity contribution in [2.24, 2.45) is 0 Å². The van der Waals surface area contributed by atoms with Gasteiger partial charge in [0.1, 0.15) is 0 Å². The topological polar surface area (TPSA) is 3.24 Å². The number of nitrogens with zero attached hydrogens (tertiary/aromatic N) is 1. The van der Waals surface area contributed by atoms with E-state index in [0.29, 0.717) is 0 Å². The Kier molecular flexibility index (Phi) is 2.16. The van der Waals surface area contributed by atoms with E-state index in [1.54, 1.807) is 0 Å². The number of anilines is 1. The lowest BCUT2D eigenvalue weighted by molar-refractivity contribution is 1.14. The lowest BCUT2D eigenvalue weighted by Crippen LogP contribution is -2.09. The van der Waals surface area contributed by atoms with Gasteiger partial charge in [-0.3, -0.25) is 0 Å². The van der Waals surface area contributed by atoms with Gasteiger partial charge in [-0.15, -0.1) is 0 Å². The molecule has 72 valence electrons. The summed E-state index contributed by atoms with van der Waals surface area (Å²) in [5.41, 5.74) is 2.60. The summed E-state index contributed by atoms with van der Waals surface area (Å²) in [6.45, 7) is 2.14. The van der Waals surface area contributed by atoms with Gasteiger partial charge >= 0.3 is 0 Å². The second kappa shape index (κ2) is 3.33. The summed E-state index contributed by atoms with van der Waals surface area (Å²) in [6, 6.07) is 13.0. The van der Waals surface area contributed by atoms with Gasteiger partial charge in [0.05, 0.1) is 0 Å². The number of hydrogen-bond acceptors (Lipinski definition) is 1. The third kappa shape index (κ3) is 1.46. The van der Waals surface area contributed by atoms with Crippen LogP contribution in [-0.4, -0.2) is 14.1 Å². The molecule has 0 radical (unpaired) electrons. The molecule has 2 aromatic rings. The average molecular weight is 185 g/mol. The van der Waals surface area contributed by atoms with Crippen molar-refractivity contribution in [2.75, 3.05) is 19.0 Å². The van der Waals surface area contributed by atoms with Crippen LogP contribution in [0.25, 0.3) is 10.8 Å². The minimum absolute atomic E-state index is 1.29. The van der Waals surface area contributed by atoms with Crippen molar-refractivity contribution in [1.82, 2.24) is 0 Å². The molecule has 0 bridgehead atoms. The van der Waals surface area contributed by atoms with E-state index < -0.39 is 0 Å². The van der Waals surface area contributed by atoms with Gasteiger partial charge in [-0.2, -0.15) is 0 Å². The van der Waals surface area contributed by atoms with Crippen LogP contribution >= 0.6 is 0 Å². The highest BCUT2D eigenvalue weighted by molar-refractivity contribution is 5.94. The Bertz CT molecular complexity index is 458. The maximum Gasteiger partial charge on any atom is 0.0443 e. The predicted octanol–water partition coefficient (Wildman–Crippen LogP) is 3.21. The van der Waals surface area contributed by atoms with Crippen LogP contribution in [0.3, 0.4) is 0 Å². The van der Waals surface area contributed by atoms with Crippen LogP contribution in [0.15, 0.2) is 36.4 Å². The fourth-order valence-electron chi connectivity index (χ4n) is 1.81. The molecule has 14 heavy (non-hydrogen) atoms. The molecule has 0 saturated carbocycles. The Hall–Kier alpha value is -1.50. The van der Waals surface area contributed by atoms with E-state index in [0.717, 1.165) is 0 Å². The Morgan fingerprint density at radius 3 is 2.43 bits per heavy atom. The maximum atomic E-state index is 2.22. The van der Waals surface area contributed by atoms with Gasteiger partial charge in [0.15, 0.2) is 0 Å². The van der Waals surface area contributed by atoms with Crippen LogP contribution in [0.2, 0.25) is 0 Å². The Labute approximate surface area is 85.0 Å². The van der Waals surface area contributed by atoms with Crippen molar-refractivity contribution in [3.05, 3.63) is 42.0 Å². The smallest absolute Gasteiger partial charge is 0.0443 e. The first-order valence-corrected chi connectivity index (χ1v) is 4.85. The molecule has 0 fully saturated rings. The van der Waals surface area contributed by atoms with Crippen molar-refractivity contribution in [3.8, 4) is 0 Å². The monoisotopic (exact) mass is 185 g/mol. The molecule has 0 spiro atoms. The van der Waals surface area contributed by atoms with Crippen molar-refractivity contribution in [1.29, 1.82) is 0 Å².